The molecule has 0 saturated heterocycles. The van der Waals surface area contributed by atoms with Crippen molar-refractivity contribution in [3.8, 4) is 0 Å². The molecule has 20 heavy (non-hydrogen) atoms. The number of benzene rings is 2. The Morgan fingerprint density at radius 3 is 2.15 bits per heavy atom. The Bertz CT molecular complexity index is 559. The van der Waals surface area contributed by atoms with Gasteiger partial charge in [0, 0.05) is 6.04 Å². The van der Waals surface area contributed by atoms with Gasteiger partial charge in [0.05, 0.1) is 5.66 Å². The van der Waals surface area contributed by atoms with Gasteiger partial charge in [0.2, 0.25) is 0 Å². The molecule has 0 spiro atoms. The van der Waals surface area contributed by atoms with E-state index >= 15 is 0 Å². The Balaban J connectivity index is 2.14. The molecule has 0 aliphatic rings. The van der Waals surface area contributed by atoms with Crippen LogP contribution in [0.5, 0.6) is 0 Å². The largest absolute Gasteiger partial charge is 0.310 e. The van der Waals surface area contributed by atoms with Gasteiger partial charge in [-0.05, 0) is 44.0 Å². The average molecular weight is 272 g/mol. The quantitative estimate of drug-likeness (QED) is 0.834. The van der Waals surface area contributed by atoms with Crippen LogP contribution in [0.4, 0.5) is 4.39 Å². The van der Waals surface area contributed by atoms with Crippen LogP contribution in [0.15, 0.2) is 48.5 Å². The Labute approximate surface area is 119 Å². The van der Waals surface area contributed by atoms with Gasteiger partial charge in [-0.3, -0.25) is 5.32 Å². The van der Waals surface area contributed by atoms with E-state index in [9.17, 15) is 4.39 Å². The number of hydrogen-bond donors (Lipinski definition) is 2. The highest BCUT2D eigenvalue weighted by Gasteiger charge is 2.23. The summed E-state index contributed by atoms with van der Waals surface area (Å²) in [6, 6.07) is 14.7. The van der Waals surface area contributed by atoms with Gasteiger partial charge in [-0.1, -0.05) is 42.0 Å². The minimum atomic E-state index is -0.637. The van der Waals surface area contributed by atoms with Crippen molar-refractivity contribution < 1.29 is 4.39 Å². The molecule has 0 fully saturated rings. The van der Waals surface area contributed by atoms with Crippen molar-refractivity contribution in [1.29, 1.82) is 0 Å². The number of hydrogen-bond acceptors (Lipinski definition) is 2. The van der Waals surface area contributed by atoms with Gasteiger partial charge in [-0.15, -0.1) is 0 Å². The fourth-order valence-electron chi connectivity index (χ4n) is 2.27. The van der Waals surface area contributed by atoms with Crippen molar-refractivity contribution in [3.05, 3.63) is 71.0 Å². The molecule has 2 rings (SSSR count). The Morgan fingerprint density at radius 2 is 1.60 bits per heavy atom. The van der Waals surface area contributed by atoms with E-state index in [4.69, 9.17) is 5.73 Å². The summed E-state index contributed by atoms with van der Waals surface area (Å²) < 4.78 is 12.9. The molecule has 0 bridgehead atoms. The molecule has 3 N–H and O–H groups in total. The van der Waals surface area contributed by atoms with E-state index < -0.39 is 5.66 Å². The van der Waals surface area contributed by atoms with E-state index in [1.165, 1.54) is 17.7 Å². The zero-order chi connectivity index (χ0) is 14.8. The van der Waals surface area contributed by atoms with Crippen LogP contribution in [-0.2, 0) is 5.66 Å². The zero-order valence-electron chi connectivity index (χ0n) is 12.2. The molecule has 3 heteroatoms. The summed E-state index contributed by atoms with van der Waals surface area (Å²) >= 11 is 0. The van der Waals surface area contributed by atoms with E-state index in [1.807, 2.05) is 45.0 Å². The first-order valence-corrected chi connectivity index (χ1v) is 6.78. The molecule has 2 aromatic carbocycles. The molecule has 0 aliphatic carbocycles. The van der Waals surface area contributed by atoms with Gasteiger partial charge in [-0.25, -0.2) is 4.39 Å². The van der Waals surface area contributed by atoms with Gasteiger partial charge in [0.15, 0.2) is 0 Å². The van der Waals surface area contributed by atoms with E-state index in [-0.39, 0.29) is 11.9 Å². The van der Waals surface area contributed by atoms with E-state index in [0.717, 1.165) is 11.1 Å². The van der Waals surface area contributed by atoms with E-state index in [0.29, 0.717) is 0 Å². The van der Waals surface area contributed by atoms with Gasteiger partial charge >= 0.3 is 0 Å². The van der Waals surface area contributed by atoms with E-state index in [1.54, 1.807) is 12.1 Å². The van der Waals surface area contributed by atoms with Crippen LogP contribution < -0.4 is 11.1 Å². The molecule has 106 valence electrons. The van der Waals surface area contributed by atoms with Crippen molar-refractivity contribution in [2.75, 3.05) is 0 Å². The van der Waals surface area contributed by atoms with Crippen molar-refractivity contribution in [2.24, 2.45) is 5.73 Å². The average Bonchev–Trinajstić information content (AvgIpc) is 2.39. The lowest BCUT2D eigenvalue weighted by Crippen LogP contribution is -2.48. The highest BCUT2D eigenvalue weighted by atomic mass is 19.1. The minimum absolute atomic E-state index is 0.0342. The molecule has 0 saturated carbocycles. The summed E-state index contributed by atoms with van der Waals surface area (Å²) in [4.78, 5) is 0. The fraction of sp³-hybridized carbons (Fsp3) is 0.294. The predicted molar refractivity (Wildman–Crippen MR) is 80.7 cm³/mol. The van der Waals surface area contributed by atoms with Gasteiger partial charge in [-0.2, -0.15) is 0 Å². The van der Waals surface area contributed by atoms with Crippen molar-refractivity contribution >= 4 is 0 Å². The highest BCUT2D eigenvalue weighted by molar-refractivity contribution is 5.27. The summed E-state index contributed by atoms with van der Waals surface area (Å²) in [7, 11) is 0. The molecule has 2 nitrogen and oxygen atoms in total. The third-order valence-corrected chi connectivity index (χ3v) is 3.54. The fourth-order valence-corrected chi connectivity index (χ4v) is 2.27. The molecule has 2 aromatic rings. The predicted octanol–water partition coefficient (Wildman–Crippen LogP) is 3.62. The van der Waals surface area contributed by atoms with Crippen LogP contribution in [0.25, 0.3) is 0 Å². The first-order chi connectivity index (χ1) is 9.38. The number of rotatable bonds is 4. The number of halogens is 1. The molecule has 0 aliphatic heterocycles. The van der Waals surface area contributed by atoms with Crippen LogP contribution in [0, 0.1) is 12.7 Å². The maximum atomic E-state index is 12.9. The lowest BCUT2D eigenvalue weighted by molar-refractivity contribution is 0.338. The van der Waals surface area contributed by atoms with Gasteiger partial charge < -0.3 is 5.73 Å². The molecule has 0 heterocycles. The number of nitrogens with two attached hydrogens (primary N) is 1. The Hall–Kier alpha value is -1.71. The molecule has 2 atom stereocenters. The second kappa shape index (κ2) is 5.73. The minimum Gasteiger partial charge on any atom is -0.310 e. The molecule has 0 amide bonds. The normalized spacial score (nSPS) is 15.7. The number of aryl methyl sites for hydroxylation is 1. The van der Waals surface area contributed by atoms with Crippen molar-refractivity contribution in [2.45, 2.75) is 32.5 Å². The van der Waals surface area contributed by atoms with Crippen LogP contribution in [0.1, 0.15) is 36.6 Å². The third kappa shape index (κ3) is 3.44. The summed E-state index contributed by atoms with van der Waals surface area (Å²) in [6.07, 6.45) is 0. The monoisotopic (exact) mass is 272 g/mol. The smallest absolute Gasteiger partial charge is 0.123 e. The maximum Gasteiger partial charge on any atom is 0.123 e. The first kappa shape index (κ1) is 14.7. The lowest BCUT2D eigenvalue weighted by Gasteiger charge is -2.31. The van der Waals surface area contributed by atoms with Crippen molar-refractivity contribution in [1.82, 2.24) is 5.32 Å². The number of nitrogens with one attached hydrogen (secondary N) is 1. The summed E-state index contributed by atoms with van der Waals surface area (Å²) in [5.41, 5.74) is 8.97. The summed E-state index contributed by atoms with van der Waals surface area (Å²) in [5.74, 6) is -0.227. The molecule has 0 aromatic heterocycles. The van der Waals surface area contributed by atoms with Crippen LogP contribution in [-0.4, -0.2) is 0 Å². The molecule has 1 unspecified atom stereocenters. The Kier molecular flexibility index (Phi) is 4.21. The van der Waals surface area contributed by atoms with Gasteiger partial charge in [0.25, 0.3) is 0 Å². The zero-order valence-corrected chi connectivity index (χ0v) is 12.2. The van der Waals surface area contributed by atoms with E-state index in [2.05, 4.69) is 5.32 Å². The van der Waals surface area contributed by atoms with Crippen LogP contribution in [0.3, 0.4) is 0 Å². The summed E-state index contributed by atoms with van der Waals surface area (Å²) in [6.45, 7) is 6.01. The maximum absolute atomic E-state index is 12.9. The second-order valence-corrected chi connectivity index (χ2v) is 5.49. The van der Waals surface area contributed by atoms with Crippen LogP contribution in [0.2, 0.25) is 0 Å². The lowest BCUT2D eigenvalue weighted by atomic mass is 9.98. The molecule has 0 radical (unpaired) electrons. The topological polar surface area (TPSA) is 38.0 Å². The van der Waals surface area contributed by atoms with Crippen LogP contribution >= 0.6 is 0 Å². The molecular weight excluding hydrogens is 251 g/mol. The standard InChI is InChI=1S/C17H21FN2/c1-12-4-8-15(9-5-12)17(3,19)20-13(2)14-6-10-16(18)11-7-14/h4-11,13,20H,19H2,1-3H3/t13-,17?/m1/s1. The Morgan fingerprint density at radius 1 is 1.05 bits per heavy atom. The third-order valence-electron chi connectivity index (χ3n) is 3.54. The van der Waals surface area contributed by atoms with Gasteiger partial charge in [0.1, 0.15) is 5.82 Å². The SMILES string of the molecule is Cc1ccc(C(C)(N)N[C@H](C)c2ccc(F)cc2)cc1. The first-order valence-electron chi connectivity index (χ1n) is 6.78. The highest BCUT2D eigenvalue weighted by Crippen LogP contribution is 2.21. The van der Waals surface area contributed by atoms with Crippen molar-refractivity contribution in [3.63, 3.8) is 0 Å². The second-order valence-electron chi connectivity index (χ2n) is 5.49. The summed E-state index contributed by atoms with van der Waals surface area (Å²) in [5, 5.41) is 3.38. The molecular formula is C17H21FN2.